The summed E-state index contributed by atoms with van der Waals surface area (Å²) in [4.78, 5) is 2.76. The summed E-state index contributed by atoms with van der Waals surface area (Å²) in [7, 11) is 0. The Morgan fingerprint density at radius 1 is 0.778 bits per heavy atom. The second-order valence-corrected chi connectivity index (χ2v) is 10.7. The summed E-state index contributed by atoms with van der Waals surface area (Å²) in [5.41, 5.74) is 3.72. The maximum atomic E-state index is 2.76. The van der Waals surface area contributed by atoms with E-state index in [9.17, 15) is 0 Å². The second-order valence-electron chi connectivity index (χ2n) is 10.7. The fourth-order valence-electron chi connectivity index (χ4n) is 6.33. The molecule has 2 fully saturated rings. The van der Waals surface area contributed by atoms with E-state index in [1.165, 1.54) is 57.9 Å². The number of rotatable bonds is 5. The summed E-state index contributed by atoms with van der Waals surface area (Å²) < 4.78 is 0. The molecule has 1 heteroatoms. The van der Waals surface area contributed by atoms with Gasteiger partial charge in [0, 0.05) is 11.1 Å². The Kier molecular flexibility index (Phi) is 6.41. The Morgan fingerprint density at radius 3 is 1.70 bits per heavy atom. The van der Waals surface area contributed by atoms with Gasteiger partial charge in [0.05, 0.1) is 0 Å². The molecule has 0 N–H and O–H groups in total. The highest BCUT2D eigenvalue weighted by Gasteiger charge is 2.44. The van der Waals surface area contributed by atoms with Crippen LogP contribution >= 0.6 is 0 Å². The lowest BCUT2D eigenvalue weighted by Crippen LogP contribution is -2.60. The zero-order valence-corrected chi connectivity index (χ0v) is 18.9. The monoisotopic (exact) mass is 369 g/mol. The highest BCUT2D eigenvalue weighted by molar-refractivity contribution is 5.29. The molecule has 1 nitrogen and oxygen atoms in total. The Morgan fingerprint density at radius 2 is 1.26 bits per heavy atom. The fourth-order valence-corrected chi connectivity index (χ4v) is 6.33. The van der Waals surface area contributed by atoms with Crippen LogP contribution in [0, 0.1) is 5.92 Å². The number of hydrogen-bond donors (Lipinski definition) is 0. The first-order chi connectivity index (χ1) is 12.8. The molecule has 0 unspecified atom stereocenters. The van der Waals surface area contributed by atoms with Gasteiger partial charge in [-0.15, -0.1) is 0 Å². The number of likely N-dealkylation sites (tertiary alicyclic amines) is 1. The average molecular weight is 370 g/mol. The van der Waals surface area contributed by atoms with Gasteiger partial charge >= 0.3 is 0 Å². The van der Waals surface area contributed by atoms with Gasteiger partial charge in [0.25, 0.3) is 0 Å². The Balaban J connectivity index is 1.70. The third kappa shape index (κ3) is 4.61. The van der Waals surface area contributed by atoms with E-state index in [4.69, 9.17) is 0 Å². The highest BCUT2D eigenvalue weighted by atomic mass is 15.3. The molecule has 152 valence electrons. The molecule has 3 rings (SSSR count). The van der Waals surface area contributed by atoms with Crippen LogP contribution in [0.3, 0.4) is 0 Å². The molecule has 1 heterocycles. The van der Waals surface area contributed by atoms with E-state index in [2.05, 4.69) is 70.7 Å². The second kappa shape index (κ2) is 8.27. The van der Waals surface area contributed by atoms with Crippen LogP contribution in [0.4, 0.5) is 0 Å². The first kappa shape index (κ1) is 20.9. The van der Waals surface area contributed by atoms with E-state index in [-0.39, 0.29) is 11.1 Å². The first-order valence-corrected chi connectivity index (χ1v) is 11.6. The molecule has 0 radical (unpaired) electrons. The van der Waals surface area contributed by atoms with Crippen molar-refractivity contribution in [3.05, 3.63) is 35.4 Å². The molecule has 1 aromatic rings. The number of hydrogen-bond acceptors (Lipinski definition) is 1. The van der Waals surface area contributed by atoms with Crippen LogP contribution in [-0.2, 0) is 0 Å². The third-order valence-corrected chi connectivity index (χ3v) is 7.70. The smallest absolute Gasteiger partial charge is 0.0164 e. The predicted molar refractivity (Wildman–Crippen MR) is 119 cm³/mol. The number of nitrogens with zero attached hydrogens (tertiary/aromatic N) is 1. The minimum absolute atomic E-state index is 0.277. The zero-order valence-electron chi connectivity index (χ0n) is 18.9. The molecule has 2 aliphatic rings. The Hall–Kier alpha value is -0.820. The van der Waals surface area contributed by atoms with Gasteiger partial charge in [-0.05, 0) is 108 Å². The van der Waals surface area contributed by atoms with E-state index in [1.807, 2.05) is 0 Å². The maximum absolute atomic E-state index is 2.76. The van der Waals surface area contributed by atoms with Gasteiger partial charge in [0.15, 0.2) is 0 Å². The highest BCUT2D eigenvalue weighted by Crippen LogP contribution is 2.46. The summed E-state index contributed by atoms with van der Waals surface area (Å²) in [5, 5.41) is 0. The van der Waals surface area contributed by atoms with Gasteiger partial charge in [-0.3, -0.25) is 4.90 Å². The molecule has 27 heavy (non-hydrogen) atoms. The van der Waals surface area contributed by atoms with Gasteiger partial charge < -0.3 is 0 Å². The average Bonchev–Trinajstić information content (AvgIpc) is 2.64. The quantitative estimate of drug-likeness (QED) is 0.519. The van der Waals surface area contributed by atoms with Crippen molar-refractivity contribution in [1.29, 1.82) is 0 Å². The Labute approximate surface area is 168 Å². The van der Waals surface area contributed by atoms with Crippen LogP contribution in [0.2, 0.25) is 0 Å². The van der Waals surface area contributed by atoms with E-state index in [0.29, 0.717) is 5.92 Å². The van der Waals surface area contributed by atoms with Crippen LogP contribution in [0.15, 0.2) is 24.3 Å². The lowest BCUT2D eigenvalue weighted by molar-refractivity contribution is -0.0358. The molecule has 1 aromatic carbocycles. The molecule has 0 bridgehead atoms. The van der Waals surface area contributed by atoms with Crippen LogP contribution in [0.25, 0.3) is 0 Å². The molecule has 0 atom stereocenters. The van der Waals surface area contributed by atoms with Crippen molar-refractivity contribution in [3.8, 4) is 0 Å². The molecule has 1 aliphatic heterocycles. The fraction of sp³-hybridized carbons (Fsp3) is 0.769. The van der Waals surface area contributed by atoms with Crippen LogP contribution in [-0.4, -0.2) is 22.5 Å². The van der Waals surface area contributed by atoms with Crippen LogP contribution in [0.1, 0.15) is 116 Å². The molecule has 1 saturated carbocycles. The van der Waals surface area contributed by atoms with Crippen molar-refractivity contribution >= 4 is 0 Å². The van der Waals surface area contributed by atoms with Crippen molar-refractivity contribution < 1.29 is 0 Å². The van der Waals surface area contributed by atoms with Crippen molar-refractivity contribution in [3.63, 3.8) is 0 Å². The van der Waals surface area contributed by atoms with Crippen molar-refractivity contribution in [1.82, 2.24) is 4.90 Å². The van der Waals surface area contributed by atoms with E-state index in [1.54, 1.807) is 11.1 Å². The van der Waals surface area contributed by atoms with Crippen LogP contribution < -0.4 is 0 Å². The minimum atomic E-state index is 0.277. The molecular formula is C26H43N. The van der Waals surface area contributed by atoms with Gasteiger partial charge in [0.1, 0.15) is 0 Å². The maximum Gasteiger partial charge on any atom is 0.0164 e. The molecule has 0 spiro atoms. The van der Waals surface area contributed by atoms with Gasteiger partial charge in [-0.25, -0.2) is 0 Å². The SMILES string of the molecule is CCCN1C(C)(C)CC(c2ccc(C3CCC(CC)CC3)cc2)CC1(C)C. The molecule has 0 amide bonds. The largest absolute Gasteiger partial charge is 0.293 e. The van der Waals surface area contributed by atoms with Gasteiger partial charge in [-0.2, -0.15) is 0 Å². The number of piperidine rings is 1. The summed E-state index contributed by atoms with van der Waals surface area (Å²) >= 11 is 0. The molecular weight excluding hydrogens is 326 g/mol. The normalized spacial score (nSPS) is 29.0. The summed E-state index contributed by atoms with van der Waals surface area (Å²) in [5.74, 6) is 2.48. The van der Waals surface area contributed by atoms with Crippen molar-refractivity contribution in [2.45, 2.75) is 116 Å². The standard InChI is InChI=1S/C26H43N/c1-7-17-27-25(3,4)18-24(19-26(27,5)6)23-15-13-22(14-16-23)21-11-9-20(8-2)10-12-21/h13-16,20-21,24H,7-12,17-19H2,1-6H3. The van der Waals surface area contributed by atoms with Gasteiger partial charge in [-0.1, -0.05) is 44.5 Å². The predicted octanol–water partition coefficient (Wildman–Crippen LogP) is 7.52. The van der Waals surface area contributed by atoms with Crippen LogP contribution in [0.5, 0.6) is 0 Å². The molecule has 0 aromatic heterocycles. The summed E-state index contributed by atoms with van der Waals surface area (Å²) in [6.45, 7) is 15.7. The summed E-state index contributed by atoms with van der Waals surface area (Å²) in [6, 6.07) is 9.86. The van der Waals surface area contributed by atoms with E-state index >= 15 is 0 Å². The third-order valence-electron chi connectivity index (χ3n) is 7.70. The molecule has 1 saturated heterocycles. The lowest BCUT2D eigenvalue weighted by Gasteiger charge is -2.55. The van der Waals surface area contributed by atoms with Crippen molar-refractivity contribution in [2.24, 2.45) is 5.92 Å². The minimum Gasteiger partial charge on any atom is -0.293 e. The zero-order chi connectivity index (χ0) is 19.7. The molecule has 1 aliphatic carbocycles. The first-order valence-electron chi connectivity index (χ1n) is 11.6. The Bertz CT molecular complexity index is 571. The lowest BCUT2D eigenvalue weighted by atomic mass is 9.71. The van der Waals surface area contributed by atoms with E-state index < -0.39 is 0 Å². The van der Waals surface area contributed by atoms with E-state index in [0.717, 1.165) is 11.8 Å². The van der Waals surface area contributed by atoms with Crippen molar-refractivity contribution in [2.75, 3.05) is 6.54 Å². The summed E-state index contributed by atoms with van der Waals surface area (Å²) in [6.07, 6.45) is 10.8. The number of benzene rings is 1. The topological polar surface area (TPSA) is 3.24 Å². The van der Waals surface area contributed by atoms with Gasteiger partial charge in [0.2, 0.25) is 0 Å².